The van der Waals surface area contributed by atoms with Crippen LogP contribution < -0.4 is 5.73 Å². The van der Waals surface area contributed by atoms with Crippen LogP contribution in [0.15, 0.2) is 29.2 Å². The van der Waals surface area contributed by atoms with Gasteiger partial charge in [0.2, 0.25) is 0 Å². The van der Waals surface area contributed by atoms with Gasteiger partial charge in [-0.15, -0.1) is 0 Å². The Morgan fingerprint density at radius 2 is 2.27 bits per heavy atom. The molecule has 2 aromatic rings. The summed E-state index contributed by atoms with van der Waals surface area (Å²) in [5.74, 6) is 0.672. The second-order valence-electron chi connectivity index (χ2n) is 3.54. The van der Waals surface area contributed by atoms with Crippen molar-refractivity contribution in [3.05, 3.63) is 36.0 Å². The largest absolute Gasteiger partial charge is 0.472 e. The number of nitrogens with zero attached hydrogens (tertiary/aromatic N) is 2. The summed E-state index contributed by atoms with van der Waals surface area (Å²) in [5, 5.41) is 0. The molecule has 0 saturated carbocycles. The minimum Gasteiger partial charge on any atom is -0.472 e. The van der Waals surface area contributed by atoms with Gasteiger partial charge in [0, 0.05) is 23.5 Å². The molecule has 15 heavy (non-hydrogen) atoms. The minimum atomic E-state index is -0.0385. The lowest BCUT2D eigenvalue weighted by atomic mass is 10.1. The normalized spacial score (nSPS) is 12.7. The Bertz CT molecular complexity index is 449. The molecule has 2 aromatic heterocycles. The number of rotatable bonds is 2. The van der Waals surface area contributed by atoms with Crippen LogP contribution in [-0.4, -0.2) is 9.97 Å². The molecule has 0 saturated heterocycles. The topological polar surface area (TPSA) is 64.9 Å². The van der Waals surface area contributed by atoms with Crippen molar-refractivity contribution in [3.8, 4) is 11.4 Å². The Balaban J connectivity index is 2.42. The van der Waals surface area contributed by atoms with Gasteiger partial charge >= 0.3 is 0 Å². The molecule has 0 aliphatic rings. The molecule has 0 aromatic carbocycles. The number of hydrogen-bond donors (Lipinski definition) is 1. The maximum absolute atomic E-state index is 5.78. The van der Waals surface area contributed by atoms with E-state index in [-0.39, 0.29) is 6.04 Å². The maximum Gasteiger partial charge on any atom is 0.162 e. The van der Waals surface area contributed by atoms with Gasteiger partial charge in [0.15, 0.2) is 5.82 Å². The number of nitrogens with two attached hydrogens (primary N) is 1. The predicted octanol–water partition coefficient (Wildman–Crippen LogP) is 2.06. The molecule has 2 heterocycles. The fourth-order valence-corrected chi connectivity index (χ4v) is 1.45. The molecule has 2 rings (SSSR count). The first-order valence-electron chi connectivity index (χ1n) is 4.80. The van der Waals surface area contributed by atoms with E-state index in [0.29, 0.717) is 5.82 Å². The number of furan rings is 1. The minimum absolute atomic E-state index is 0.0385. The molecule has 1 atom stereocenters. The molecule has 0 unspecified atom stereocenters. The van der Waals surface area contributed by atoms with Crippen molar-refractivity contribution in [1.29, 1.82) is 0 Å². The monoisotopic (exact) mass is 203 g/mol. The van der Waals surface area contributed by atoms with Crippen LogP contribution in [0.25, 0.3) is 11.4 Å². The molecular weight excluding hydrogens is 190 g/mol. The van der Waals surface area contributed by atoms with Crippen molar-refractivity contribution < 1.29 is 4.42 Å². The second-order valence-corrected chi connectivity index (χ2v) is 3.54. The van der Waals surface area contributed by atoms with E-state index in [1.54, 1.807) is 18.7 Å². The molecule has 0 spiro atoms. The Hall–Kier alpha value is -1.68. The molecule has 0 radical (unpaired) electrons. The smallest absolute Gasteiger partial charge is 0.162 e. The summed E-state index contributed by atoms with van der Waals surface area (Å²) in [6.45, 7) is 3.85. The van der Waals surface area contributed by atoms with Gasteiger partial charge in [-0.3, -0.25) is 0 Å². The van der Waals surface area contributed by atoms with E-state index in [9.17, 15) is 0 Å². The van der Waals surface area contributed by atoms with Crippen LogP contribution >= 0.6 is 0 Å². The van der Waals surface area contributed by atoms with Crippen LogP contribution in [-0.2, 0) is 0 Å². The van der Waals surface area contributed by atoms with E-state index < -0.39 is 0 Å². The van der Waals surface area contributed by atoms with Crippen LogP contribution in [0.3, 0.4) is 0 Å². The third-order valence-corrected chi connectivity index (χ3v) is 2.29. The highest BCUT2D eigenvalue weighted by Crippen LogP contribution is 2.18. The summed E-state index contributed by atoms with van der Waals surface area (Å²) in [7, 11) is 0. The van der Waals surface area contributed by atoms with Crippen molar-refractivity contribution in [3.63, 3.8) is 0 Å². The summed E-state index contributed by atoms with van der Waals surface area (Å²) in [6, 6.07) is 1.80. The van der Waals surface area contributed by atoms with Gasteiger partial charge in [-0.25, -0.2) is 9.97 Å². The fourth-order valence-electron chi connectivity index (χ4n) is 1.45. The Kier molecular flexibility index (Phi) is 2.51. The summed E-state index contributed by atoms with van der Waals surface area (Å²) in [4.78, 5) is 8.64. The van der Waals surface area contributed by atoms with Crippen molar-refractivity contribution >= 4 is 0 Å². The Labute approximate surface area is 88.2 Å². The molecule has 0 aliphatic carbocycles. The van der Waals surface area contributed by atoms with E-state index in [2.05, 4.69) is 9.97 Å². The van der Waals surface area contributed by atoms with Crippen molar-refractivity contribution in [2.24, 2.45) is 5.73 Å². The van der Waals surface area contributed by atoms with Crippen molar-refractivity contribution in [2.45, 2.75) is 19.9 Å². The lowest BCUT2D eigenvalue weighted by Crippen LogP contribution is -2.09. The van der Waals surface area contributed by atoms with E-state index in [1.807, 2.05) is 19.9 Å². The fraction of sp³-hybridized carbons (Fsp3) is 0.273. The lowest BCUT2D eigenvalue weighted by Gasteiger charge is -2.08. The van der Waals surface area contributed by atoms with Gasteiger partial charge in [-0.1, -0.05) is 0 Å². The SMILES string of the molecule is Cc1nc(-c2ccoc2)ncc1[C@H](C)N. The van der Waals surface area contributed by atoms with E-state index in [4.69, 9.17) is 10.2 Å². The first-order valence-corrected chi connectivity index (χ1v) is 4.80. The Morgan fingerprint density at radius 3 is 2.80 bits per heavy atom. The first-order chi connectivity index (χ1) is 7.18. The maximum atomic E-state index is 5.78. The molecule has 4 nitrogen and oxygen atoms in total. The number of aryl methyl sites for hydroxylation is 1. The first kappa shape index (κ1) is 9.86. The highest BCUT2D eigenvalue weighted by atomic mass is 16.3. The van der Waals surface area contributed by atoms with Gasteiger partial charge in [-0.05, 0) is 19.9 Å². The lowest BCUT2D eigenvalue weighted by molar-refractivity contribution is 0.568. The third kappa shape index (κ3) is 1.89. The molecule has 2 N–H and O–H groups in total. The average Bonchev–Trinajstić information content (AvgIpc) is 2.69. The third-order valence-electron chi connectivity index (χ3n) is 2.29. The number of hydrogen-bond acceptors (Lipinski definition) is 4. The van der Waals surface area contributed by atoms with Gasteiger partial charge in [-0.2, -0.15) is 0 Å². The average molecular weight is 203 g/mol. The molecular formula is C11H13N3O. The van der Waals surface area contributed by atoms with Crippen LogP contribution in [0.4, 0.5) is 0 Å². The zero-order valence-electron chi connectivity index (χ0n) is 8.77. The molecule has 0 fully saturated rings. The summed E-state index contributed by atoms with van der Waals surface area (Å²) < 4.78 is 4.98. The molecule has 4 heteroatoms. The van der Waals surface area contributed by atoms with E-state index >= 15 is 0 Å². The van der Waals surface area contributed by atoms with Gasteiger partial charge in [0.05, 0.1) is 11.8 Å². The van der Waals surface area contributed by atoms with Crippen molar-refractivity contribution in [2.75, 3.05) is 0 Å². The molecule has 0 bridgehead atoms. The van der Waals surface area contributed by atoms with E-state index in [1.165, 1.54) is 0 Å². The van der Waals surface area contributed by atoms with E-state index in [0.717, 1.165) is 16.8 Å². The quantitative estimate of drug-likeness (QED) is 0.811. The summed E-state index contributed by atoms with van der Waals surface area (Å²) >= 11 is 0. The van der Waals surface area contributed by atoms with Crippen LogP contribution in [0, 0.1) is 6.92 Å². The molecule has 0 aliphatic heterocycles. The van der Waals surface area contributed by atoms with Crippen LogP contribution in [0.2, 0.25) is 0 Å². The van der Waals surface area contributed by atoms with Crippen molar-refractivity contribution in [1.82, 2.24) is 9.97 Å². The highest BCUT2D eigenvalue weighted by molar-refractivity contribution is 5.52. The zero-order chi connectivity index (χ0) is 10.8. The van der Waals surface area contributed by atoms with Gasteiger partial charge < -0.3 is 10.2 Å². The predicted molar refractivity (Wildman–Crippen MR) is 57.1 cm³/mol. The van der Waals surface area contributed by atoms with Crippen LogP contribution in [0.1, 0.15) is 24.2 Å². The van der Waals surface area contributed by atoms with Gasteiger partial charge in [0.25, 0.3) is 0 Å². The number of aromatic nitrogens is 2. The second kappa shape index (κ2) is 3.82. The summed E-state index contributed by atoms with van der Waals surface area (Å²) in [6.07, 6.45) is 5.00. The molecule has 78 valence electrons. The van der Waals surface area contributed by atoms with Crippen LogP contribution in [0.5, 0.6) is 0 Å². The van der Waals surface area contributed by atoms with Gasteiger partial charge in [0.1, 0.15) is 6.26 Å². The molecule has 0 amide bonds. The summed E-state index contributed by atoms with van der Waals surface area (Å²) in [5.41, 5.74) is 8.56. The zero-order valence-corrected chi connectivity index (χ0v) is 8.77. The standard InChI is InChI=1S/C11H13N3O/c1-7(12)10-5-13-11(14-8(10)2)9-3-4-15-6-9/h3-7H,12H2,1-2H3/t7-/m0/s1. The highest BCUT2D eigenvalue weighted by Gasteiger charge is 2.08. The Morgan fingerprint density at radius 1 is 1.47 bits per heavy atom.